The molecular weight excluding hydrogens is 370 g/mol. The third kappa shape index (κ3) is 5.16. The lowest BCUT2D eigenvalue weighted by Gasteiger charge is -2.08. The van der Waals surface area contributed by atoms with E-state index in [1.54, 1.807) is 16.7 Å². The highest BCUT2D eigenvalue weighted by atomic mass is 16.3. The molecule has 1 amide bonds. The van der Waals surface area contributed by atoms with Crippen molar-refractivity contribution in [3.8, 4) is 11.3 Å². The van der Waals surface area contributed by atoms with Gasteiger partial charge in [0.25, 0.3) is 5.91 Å². The first-order valence-corrected chi connectivity index (χ1v) is 9.13. The third-order valence-electron chi connectivity index (χ3n) is 3.99. The summed E-state index contributed by atoms with van der Waals surface area (Å²) in [6.45, 7) is 4.32. The highest BCUT2D eigenvalue weighted by Crippen LogP contribution is 2.18. The van der Waals surface area contributed by atoms with Gasteiger partial charge in [0.05, 0.1) is 12.1 Å². The van der Waals surface area contributed by atoms with E-state index in [9.17, 15) is 9.70 Å². The van der Waals surface area contributed by atoms with E-state index < -0.39 is 11.7 Å². The lowest BCUT2D eigenvalue weighted by molar-refractivity contribution is -0.110. The Bertz CT molecular complexity index is 1070. The summed E-state index contributed by atoms with van der Waals surface area (Å²) in [4.78, 5) is 36.2. The number of benzene rings is 1. The van der Waals surface area contributed by atoms with Gasteiger partial charge in [-0.15, -0.1) is 4.91 Å². The molecule has 0 unspecified atom stereocenters. The number of hydrogen-bond donors (Lipinski definition) is 2. The van der Waals surface area contributed by atoms with E-state index in [0.717, 1.165) is 11.3 Å². The molecule has 0 aliphatic heterocycles. The summed E-state index contributed by atoms with van der Waals surface area (Å²) in [5.41, 5.74) is 1.80. The number of nitrogens with one attached hydrogen (secondary N) is 2. The SMILES string of the molecule is CC(C)CN=C(CC(=N)N=O)C(=O)Nc1ccn2cc(-c3ccccc3)nc2n1. The van der Waals surface area contributed by atoms with Crippen molar-refractivity contribution in [1.82, 2.24) is 14.4 Å². The molecule has 148 valence electrons. The largest absolute Gasteiger partial charge is 0.305 e. The second-order valence-electron chi connectivity index (χ2n) is 6.86. The molecule has 0 fully saturated rings. The Morgan fingerprint density at radius 1 is 1.21 bits per heavy atom. The Balaban J connectivity index is 1.81. The topological polar surface area (TPSA) is 125 Å². The van der Waals surface area contributed by atoms with Crippen molar-refractivity contribution >= 4 is 29.1 Å². The first kappa shape index (κ1) is 20.0. The number of aromatic nitrogens is 3. The van der Waals surface area contributed by atoms with Gasteiger partial charge >= 0.3 is 0 Å². The predicted molar refractivity (Wildman–Crippen MR) is 112 cm³/mol. The number of imidazole rings is 1. The number of carbonyl (C=O) groups excluding carboxylic acids is 1. The van der Waals surface area contributed by atoms with Crippen LogP contribution in [0, 0.1) is 16.2 Å². The first-order chi connectivity index (χ1) is 14.0. The normalized spacial score (nSPS) is 11.6. The summed E-state index contributed by atoms with van der Waals surface area (Å²) in [5.74, 6) is -0.00952. The summed E-state index contributed by atoms with van der Waals surface area (Å²) in [5, 5.41) is 12.7. The Morgan fingerprint density at radius 2 is 1.97 bits per heavy atom. The van der Waals surface area contributed by atoms with Crippen LogP contribution in [0.2, 0.25) is 0 Å². The maximum atomic E-state index is 12.6. The second-order valence-corrected chi connectivity index (χ2v) is 6.86. The van der Waals surface area contributed by atoms with Crippen molar-refractivity contribution in [2.24, 2.45) is 16.1 Å². The molecule has 2 aromatic heterocycles. The van der Waals surface area contributed by atoms with Gasteiger partial charge in [-0.25, -0.2) is 4.98 Å². The van der Waals surface area contributed by atoms with Crippen LogP contribution in [-0.2, 0) is 4.79 Å². The Hall–Kier alpha value is -3.75. The minimum atomic E-state index is -0.522. The fourth-order valence-electron chi connectivity index (χ4n) is 2.57. The van der Waals surface area contributed by atoms with E-state index >= 15 is 0 Å². The fraction of sp³-hybridized carbons (Fsp3) is 0.250. The molecule has 0 spiro atoms. The van der Waals surface area contributed by atoms with Crippen LogP contribution in [0.15, 0.2) is 59.0 Å². The van der Waals surface area contributed by atoms with E-state index in [2.05, 4.69) is 25.5 Å². The standard InChI is InChI=1S/C20H21N7O2/c1-13(2)11-22-15(10-17(21)26-29)19(28)24-18-8-9-27-12-16(23-20(27)25-18)14-6-4-3-5-7-14/h3-9,12-13,21H,10-11H2,1-2H3,(H,23,24,25,28). The zero-order chi connectivity index (χ0) is 20.8. The van der Waals surface area contributed by atoms with Crippen LogP contribution in [0.4, 0.5) is 5.82 Å². The smallest absolute Gasteiger partial charge is 0.271 e. The minimum Gasteiger partial charge on any atom is -0.305 e. The van der Waals surface area contributed by atoms with Gasteiger partial charge in [-0.3, -0.25) is 19.6 Å². The molecule has 3 rings (SSSR count). The van der Waals surface area contributed by atoms with Gasteiger partial charge < -0.3 is 5.32 Å². The van der Waals surface area contributed by atoms with Crippen LogP contribution in [0.25, 0.3) is 17.0 Å². The van der Waals surface area contributed by atoms with Gasteiger partial charge in [0.2, 0.25) is 5.78 Å². The maximum absolute atomic E-state index is 12.6. The zero-order valence-corrected chi connectivity index (χ0v) is 16.2. The van der Waals surface area contributed by atoms with Gasteiger partial charge in [0.15, 0.2) is 5.84 Å². The van der Waals surface area contributed by atoms with Crippen LogP contribution in [0.3, 0.4) is 0 Å². The van der Waals surface area contributed by atoms with Crippen molar-refractivity contribution in [1.29, 1.82) is 5.41 Å². The van der Waals surface area contributed by atoms with Gasteiger partial charge in [-0.2, -0.15) is 4.98 Å². The van der Waals surface area contributed by atoms with Crippen LogP contribution in [-0.4, -0.2) is 38.4 Å². The molecule has 0 saturated heterocycles. The van der Waals surface area contributed by atoms with Crippen LogP contribution < -0.4 is 5.32 Å². The molecule has 3 aromatic rings. The molecular formula is C20H21N7O2. The van der Waals surface area contributed by atoms with Crippen molar-refractivity contribution in [3.05, 3.63) is 53.7 Å². The highest BCUT2D eigenvalue weighted by molar-refractivity contribution is 6.45. The van der Waals surface area contributed by atoms with Crippen molar-refractivity contribution in [2.75, 3.05) is 11.9 Å². The number of amidine groups is 1. The number of nitrogens with zero attached hydrogens (tertiary/aromatic N) is 5. The average molecular weight is 391 g/mol. The number of amides is 1. The van der Waals surface area contributed by atoms with Gasteiger partial charge in [-0.05, 0) is 17.2 Å². The number of anilines is 1. The van der Waals surface area contributed by atoms with Crippen molar-refractivity contribution in [2.45, 2.75) is 20.3 Å². The zero-order valence-electron chi connectivity index (χ0n) is 16.2. The lowest BCUT2D eigenvalue weighted by atomic mass is 10.2. The Kier molecular flexibility index (Phi) is 6.18. The van der Waals surface area contributed by atoms with Gasteiger partial charge in [-0.1, -0.05) is 44.2 Å². The molecule has 0 aliphatic rings. The molecule has 0 radical (unpaired) electrons. The van der Waals surface area contributed by atoms with E-state index in [0.29, 0.717) is 18.1 Å². The highest BCUT2D eigenvalue weighted by Gasteiger charge is 2.16. The molecule has 29 heavy (non-hydrogen) atoms. The summed E-state index contributed by atoms with van der Waals surface area (Å²) in [6.07, 6.45) is 3.37. The summed E-state index contributed by atoms with van der Waals surface area (Å²) in [6, 6.07) is 11.4. The van der Waals surface area contributed by atoms with Gasteiger partial charge in [0, 0.05) is 24.5 Å². The Morgan fingerprint density at radius 3 is 2.66 bits per heavy atom. The molecule has 0 aliphatic carbocycles. The number of carbonyl (C=O) groups is 1. The third-order valence-corrected chi connectivity index (χ3v) is 3.99. The monoisotopic (exact) mass is 391 g/mol. The molecule has 9 nitrogen and oxygen atoms in total. The molecule has 9 heteroatoms. The summed E-state index contributed by atoms with van der Waals surface area (Å²) >= 11 is 0. The summed E-state index contributed by atoms with van der Waals surface area (Å²) in [7, 11) is 0. The fourth-order valence-corrected chi connectivity index (χ4v) is 2.57. The van der Waals surface area contributed by atoms with Crippen LogP contribution in [0.5, 0.6) is 0 Å². The molecule has 0 atom stereocenters. The quantitative estimate of drug-likeness (QED) is 0.363. The predicted octanol–water partition coefficient (Wildman–Crippen LogP) is 3.57. The average Bonchev–Trinajstić information content (AvgIpc) is 3.14. The summed E-state index contributed by atoms with van der Waals surface area (Å²) < 4.78 is 1.76. The van der Waals surface area contributed by atoms with Crippen molar-refractivity contribution in [3.63, 3.8) is 0 Å². The number of rotatable bonds is 7. The Labute approximate surface area is 167 Å². The number of fused-ring (bicyclic) bond motifs is 1. The minimum absolute atomic E-state index is 0.0679. The molecule has 2 heterocycles. The van der Waals surface area contributed by atoms with Crippen LogP contribution >= 0.6 is 0 Å². The lowest BCUT2D eigenvalue weighted by Crippen LogP contribution is -2.26. The van der Waals surface area contributed by atoms with Crippen molar-refractivity contribution < 1.29 is 4.79 Å². The van der Waals surface area contributed by atoms with E-state index in [4.69, 9.17) is 5.41 Å². The van der Waals surface area contributed by atoms with Gasteiger partial charge in [0.1, 0.15) is 11.5 Å². The first-order valence-electron chi connectivity index (χ1n) is 9.13. The van der Waals surface area contributed by atoms with Crippen LogP contribution in [0.1, 0.15) is 20.3 Å². The number of nitroso groups, excluding NO2 is 1. The number of hydrogen-bond acceptors (Lipinski definition) is 6. The molecule has 1 aromatic carbocycles. The molecule has 2 N–H and O–H groups in total. The molecule has 0 bridgehead atoms. The second kappa shape index (κ2) is 8.96. The number of aliphatic imine (C=N–C) groups is 1. The molecule has 0 saturated carbocycles. The maximum Gasteiger partial charge on any atom is 0.271 e. The van der Waals surface area contributed by atoms with E-state index in [1.807, 2.05) is 50.4 Å². The van der Waals surface area contributed by atoms with E-state index in [-0.39, 0.29) is 18.1 Å². The van der Waals surface area contributed by atoms with E-state index in [1.165, 1.54) is 0 Å².